The quantitative estimate of drug-likeness (QED) is 0.392. The first-order chi connectivity index (χ1) is 13.1. The van der Waals surface area contributed by atoms with Gasteiger partial charge in [-0.15, -0.1) is 5.54 Å². The molecule has 28 heavy (non-hydrogen) atoms. The molecule has 6 nitrogen and oxygen atoms in total. The fourth-order valence-corrected chi connectivity index (χ4v) is 2.65. The fraction of sp³-hybridized carbons (Fsp3) is 0.238. The summed E-state index contributed by atoms with van der Waals surface area (Å²) in [4.78, 5) is 33.3. The number of nitrogens with two attached hydrogens (primary N) is 1. The zero-order valence-electron chi connectivity index (χ0n) is 16.8. The number of Topliss-reactive ketones (excluding diaryl/α,β-unsaturated/α-hetero) is 2. The maximum atomic E-state index is 11.1. The van der Waals surface area contributed by atoms with Gasteiger partial charge in [0.2, 0.25) is 0 Å². The number of fused-ring (bicyclic) bond motifs is 1. The van der Waals surface area contributed by atoms with Gasteiger partial charge < -0.3 is 10.7 Å². The predicted molar refractivity (Wildman–Crippen MR) is 115 cm³/mol. The molecule has 0 fully saturated rings. The van der Waals surface area contributed by atoms with Crippen LogP contribution in [0.3, 0.4) is 0 Å². The van der Waals surface area contributed by atoms with E-state index in [-0.39, 0.29) is 11.6 Å². The van der Waals surface area contributed by atoms with Crippen LogP contribution in [0.2, 0.25) is 19.6 Å². The number of hydrogen-bond donors (Lipinski definition) is 2. The zero-order valence-corrected chi connectivity index (χ0v) is 17.8. The minimum absolute atomic E-state index is 0.0381. The molecule has 0 radical (unpaired) electrons. The number of pyridine rings is 2. The van der Waals surface area contributed by atoms with Crippen LogP contribution in [0, 0.1) is 11.5 Å². The Bertz CT molecular complexity index is 1080. The summed E-state index contributed by atoms with van der Waals surface area (Å²) in [6.45, 7) is 9.48. The number of anilines is 1. The summed E-state index contributed by atoms with van der Waals surface area (Å²) in [6.07, 6.45) is 4.92. The van der Waals surface area contributed by atoms with Crippen molar-refractivity contribution in [2.24, 2.45) is 0 Å². The summed E-state index contributed by atoms with van der Waals surface area (Å²) >= 11 is 0. The van der Waals surface area contributed by atoms with Crippen molar-refractivity contribution < 1.29 is 9.59 Å². The highest BCUT2D eigenvalue weighted by atomic mass is 28.3. The molecule has 0 bridgehead atoms. The third-order valence-electron chi connectivity index (χ3n) is 3.68. The summed E-state index contributed by atoms with van der Waals surface area (Å²) < 4.78 is 0. The third kappa shape index (κ3) is 5.89. The fourth-order valence-electron chi connectivity index (χ4n) is 2.15. The van der Waals surface area contributed by atoms with Gasteiger partial charge in [-0.3, -0.25) is 14.6 Å². The molecule has 0 atom stereocenters. The first-order valence-corrected chi connectivity index (χ1v) is 12.3. The summed E-state index contributed by atoms with van der Waals surface area (Å²) in [5.74, 6) is 2.99. The maximum absolute atomic E-state index is 11.1. The number of rotatable bonds is 2. The van der Waals surface area contributed by atoms with Crippen molar-refractivity contribution in [3.05, 3.63) is 53.6 Å². The maximum Gasteiger partial charge on any atom is 0.161 e. The number of H-pyrrole nitrogens is 1. The predicted octanol–water partition coefficient (Wildman–Crippen LogP) is 3.86. The first-order valence-electron chi connectivity index (χ1n) is 8.80. The lowest BCUT2D eigenvalue weighted by atomic mass is 10.2. The van der Waals surface area contributed by atoms with Crippen molar-refractivity contribution >= 4 is 36.4 Å². The van der Waals surface area contributed by atoms with Gasteiger partial charge >= 0.3 is 0 Å². The summed E-state index contributed by atoms with van der Waals surface area (Å²) in [5, 5.41) is 0. The van der Waals surface area contributed by atoms with Gasteiger partial charge in [0.1, 0.15) is 13.8 Å². The monoisotopic (exact) mass is 392 g/mol. The summed E-state index contributed by atoms with van der Waals surface area (Å²) in [5.41, 5.74) is 13.0. The van der Waals surface area contributed by atoms with Crippen LogP contribution in [0.4, 0.5) is 5.69 Å². The summed E-state index contributed by atoms with van der Waals surface area (Å²) in [6, 6.07) is 5.31. The first kappa shape index (κ1) is 21.1. The molecule has 3 aromatic heterocycles. The standard InChI is InChI=1S/C12H16N2OSi.C9H8N2O/c1-9(15)10-7-11(13)12(14-8-10)5-6-16(2,3)4;1-6(12)7-4-9-8(11-5-7)2-3-10-9/h7-8H,13H2,1-4H3;2-5,10H,1H3. The van der Waals surface area contributed by atoms with E-state index in [4.69, 9.17) is 5.73 Å². The topological polar surface area (TPSA) is 102 Å². The van der Waals surface area contributed by atoms with Gasteiger partial charge in [-0.05, 0) is 32.0 Å². The van der Waals surface area contributed by atoms with Gasteiger partial charge in [-0.1, -0.05) is 25.6 Å². The lowest BCUT2D eigenvalue weighted by Crippen LogP contribution is -2.16. The summed E-state index contributed by atoms with van der Waals surface area (Å²) in [7, 11) is -1.42. The number of nitrogens with one attached hydrogen (secondary N) is 1. The van der Waals surface area contributed by atoms with Gasteiger partial charge in [0.25, 0.3) is 0 Å². The molecule has 0 aliphatic rings. The highest BCUT2D eigenvalue weighted by Gasteiger charge is 2.09. The van der Waals surface area contributed by atoms with E-state index in [1.807, 2.05) is 18.3 Å². The molecule has 3 rings (SSSR count). The smallest absolute Gasteiger partial charge is 0.161 e. The molecule has 0 unspecified atom stereocenters. The second-order valence-corrected chi connectivity index (χ2v) is 12.2. The van der Waals surface area contributed by atoms with Crippen LogP contribution in [0.15, 0.2) is 36.8 Å². The van der Waals surface area contributed by atoms with Crippen LogP contribution in [0.25, 0.3) is 11.0 Å². The number of aromatic amines is 1. The second kappa shape index (κ2) is 8.63. The minimum atomic E-state index is -1.42. The largest absolute Gasteiger partial charge is 0.396 e. The van der Waals surface area contributed by atoms with E-state index in [2.05, 4.69) is 46.1 Å². The van der Waals surface area contributed by atoms with E-state index < -0.39 is 8.07 Å². The molecule has 0 spiro atoms. The van der Waals surface area contributed by atoms with Crippen LogP contribution < -0.4 is 5.73 Å². The van der Waals surface area contributed by atoms with Crippen LogP contribution in [0.1, 0.15) is 40.3 Å². The molecule has 3 aromatic rings. The molecule has 0 saturated carbocycles. The third-order valence-corrected chi connectivity index (χ3v) is 4.56. The molecular formula is C21H24N4O2Si. The SMILES string of the molecule is CC(=O)c1cnc(C#C[Si](C)(C)C)c(N)c1.CC(=O)c1cnc2cc[nH]c2c1. The van der Waals surface area contributed by atoms with Crippen LogP contribution >= 0.6 is 0 Å². The Kier molecular flexibility index (Phi) is 6.49. The highest BCUT2D eigenvalue weighted by Crippen LogP contribution is 2.12. The van der Waals surface area contributed by atoms with Gasteiger partial charge in [0.05, 0.1) is 16.7 Å². The van der Waals surface area contributed by atoms with Gasteiger partial charge in [0.15, 0.2) is 11.6 Å². The Hall–Kier alpha value is -3.24. The van der Waals surface area contributed by atoms with Crippen molar-refractivity contribution in [2.45, 2.75) is 33.5 Å². The van der Waals surface area contributed by atoms with Gasteiger partial charge in [-0.25, -0.2) is 4.98 Å². The molecule has 144 valence electrons. The molecule has 0 aliphatic heterocycles. The number of nitrogens with zero attached hydrogens (tertiary/aromatic N) is 2. The lowest BCUT2D eigenvalue weighted by Gasteiger charge is -2.04. The minimum Gasteiger partial charge on any atom is -0.396 e. The Labute approximate surface area is 165 Å². The molecular weight excluding hydrogens is 368 g/mol. The molecule has 7 heteroatoms. The van der Waals surface area contributed by atoms with Crippen LogP contribution in [0.5, 0.6) is 0 Å². The number of ketones is 2. The van der Waals surface area contributed by atoms with E-state index >= 15 is 0 Å². The Balaban J connectivity index is 0.000000207. The number of carbonyl (C=O) groups is 2. The van der Waals surface area contributed by atoms with Crippen LogP contribution in [-0.2, 0) is 0 Å². The van der Waals surface area contributed by atoms with E-state index in [1.165, 1.54) is 20.0 Å². The molecule has 3 N–H and O–H groups in total. The van der Waals surface area contributed by atoms with E-state index in [0.29, 0.717) is 22.5 Å². The Morgan fingerprint density at radius 3 is 2.21 bits per heavy atom. The molecule has 0 aliphatic carbocycles. The van der Waals surface area contributed by atoms with Crippen molar-refractivity contribution in [3.8, 4) is 11.5 Å². The number of nitrogen functional groups attached to an aromatic ring is 1. The van der Waals surface area contributed by atoms with Crippen molar-refractivity contribution in [1.29, 1.82) is 0 Å². The van der Waals surface area contributed by atoms with Gasteiger partial charge in [-0.2, -0.15) is 0 Å². The highest BCUT2D eigenvalue weighted by molar-refractivity contribution is 6.83. The molecule has 3 heterocycles. The van der Waals surface area contributed by atoms with E-state index in [9.17, 15) is 9.59 Å². The van der Waals surface area contributed by atoms with E-state index in [1.54, 1.807) is 12.3 Å². The van der Waals surface area contributed by atoms with Crippen molar-refractivity contribution in [1.82, 2.24) is 15.0 Å². The Morgan fingerprint density at radius 1 is 1.04 bits per heavy atom. The normalized spacial score (nSPS) is 10.5. The Morgan fingerprint density at radius 2 is 1.64 bits per heavy atom. The average molecular weight is 393 g/mol. The van der Waals surface area contributed by atoms with Crippen molar-refractivity contribution in [2.75, 3.05) is 5.73 Å². The van der Waals surface area contributed by atoms with Crippen molar-refractivity contribution in [3.63, 3.8) is 0 Å². The average Bonchev–Trinajstić information content (AvgIpc) is 3.08. The molecule has 0 amide bonds. The number of hydrogen-bond acceptors (Lipinski definition) is 5. The van der Waals surface area contributed by atoms with Gasteiger partial charge in [0, 0.05) is 29.7 Å². The number of carbonyl (C=O) groups excluding carboxylic acids is 2. The second-order valence-electron chi connectivity index (χ2n) is 7.41. The van der Waals surface area contributed by atoms with Crippen LogP contribution in [-0.4, -0.2) is 34.6 Å². The zero-order chi connectivity index (χ0) is 20.9. The molecule has 0 aromatic carbocycles. The van der Waals surface area contributed by atoms with E-state index in [0.717, 1.165) is 11.0 Å². The number of aromatic nitrogens is 3. The lowest BCUT2D eigenvalue weighted by molar-refractivity contribution is 0.100. The molecule has 0 saturated heterocycles.